The predicted octanol–water partition coefficient (Wildman–Crippen LogP) is 3.90. The highest BCUT2D eigenvalue weighted by Gasteiger charge is 2.10. The van der Waals surface area contributed by atoms with Gasteiger partial charge in [-0.25, -0.2) is 0 Å². The summed E-state index contributed by atoms with van der Waals surface area (Å²) in [7, 11) is 0. The molecule has 2 amide bonds. The molecule has 0 fully saturated rings. The summed E-state index contributed by atoms with van der Waals surface area (Å²) < 4.78 is 5.67. The third-order valence-electron chi connectivity index (χ3n) is 4.21. The van der Waals surface area contributed by atoms with Gasteiger partial charge in [0.1, 0.15) is 5.75 Å². The average molecular weight is 414 g/mol. The van der Waals surface area contributed by atoms with Crippen molar-refractivity contribution in [3.63, 3.8) is 0 Å². The topological polar surface area (TPSA) is 79.5 Å². The Balaban J connectivity index is 1.75. The van der Waals surface area contributed by atoms with E-state index < -0.39 is 0 Å². The summed E-state index contributed by atoms with van der Waals surface area (Å²) in [6.45, 7) is 4.78. The van der Waals surface area contributed by atoms with Gasteiger partial charge < -0.3 is 4.74 Å². The fourth-order valence-electron chi connectivity index (χ4n) is 2.52. The van der Waals surface area contributed by atoms with Crippen LogP contribution in [0.15, 0.2) is 48.5 Å². The monoisotopic (exact) mass is 413 g/mol. The first kappa shape index (κ1) is 22.4. The van der Waals surface area contributed by atoms with Gasteiger partial charge in [-0.05, 0) is 62.0 Å². The Labute approximate surface area is 177 Å². The lowest BCUT2D eigenvalue weighted by atomic mass is 10.1. The second kappa shape index (κ2) is 11.8. The first-order valence-corrected chi connectivity index (χ1v) is 10.1. The lowest BCUT2D eigenvalue weighted by Gasteiger charge is -2.11. The van der Waals surface area contributed by atoms with E-state index in [2.05, 4.69) is 23.1 Å². The highest BCUT2D eigenvalue weighted by molar-refractivity contribution is 7.80. The Morgan fingerprint density at radius 1 is 0.862 bits per heavy atom. The lowest BCUT2D eigenvalue weighted by Crippen LogP contribution is -2.48. The van der Waals surface area contributed by atoms with E-state index in [9.17, 15) is 9.59 Å². The van der Waals surface area contributed by atoms with Gasteiger partial charge in [-0.2, -0.15) is 0 Å². The number of thiocarbonyl (C=S) groups is 1. The van der Waals surface area contributed by atoms with E-state index in [1.807, 2.05) is 19.1 Å². The summed E-state index contributed by atoms with van der Waals surface area (Å²) in [6.07, 6.45) is 4.57. The Bertz CT molecular complexity index is 820. The van der Waals surface area contributed by atoms with Gasteiger partial charge in [0.25, 0.3) is 11.8 Å². The van der Waals surface area contributed by atoms with Crippen molar-refractivity contribution in [3.05, 3.63) is 65.2 Å². The molecule has 3 N–H and O–H groups in total. The van der Waals surface area contributed by atoms with Crippen LogP contribution in [0.4, 0.5) is 0 Å². The van der Waals surface area contributed by atoms with E-state index in [0.717, 1.165) is 24.2 Å². The van der Waals surface area contributed by atoms with Gasteiger partial charge in [0.15, 0.2) is 5.11 Å². The van der Waals surface area contributed by atoms with Crippen LogP contribution in [-0.4, -0.2) is 23.5 Å². The Kier molecular flexibility index (Phi) is 9.11. The fraction of sp³-hybridized carbons (Fsp3) is 0.318. The molecule has 0 saturated carbocycles. The molecule has 0 aliphatic heterocycles. The Hall–Kier alpha value is -2.93. The zero-order valence-electron chi connectivity index (χ0n) is 16.8. The standard InChI is InChI=1S/C22H27N3O3S/c1-3-4-5-6-15-28-19-13-11-17(12-14-19)20(26)23-22(29)25-24-21(27)18-9-7-16(2)8-10-18/h7-14H,3-6,15H2,1-2H3,(H,24,27)(H2,23,25,26,29). The molecular formula is C22H27N3O3S. The van der Waals surface area contributed by atoms with Crippen LogP contribution in [0.3, 0.4) is 0 Å². The summed E-state index contributed by atoms with van der Waals surface area (Å²) in [5.41, 5.74) is 6.98. The van der Waals surface area contributed by atoms with Gasteiger partial charge in [-0.15, -0.1) is 0 Å². The summed E-state index contributed by atoms with van der Waals surface area (Å²) in [4.78, 5) is 24.3. The molecule has 29 heavy (non-hydrogen) atoms. The number of carbonyl (C=O) groups excluding carboxylic acids is 2. The summed E-state index contributed by atoms with van der Waals surface area (Å²) in [5.74, 6) is 0.00716. The van der Waals surface area contributed by atoms with Crippen LogP contribution in [0, 0.1) is 6.92 Å². The zero-order chi connectivity index (χ0) is 21.1. The lowest BCUT2D eigenvalue weighted by molar-refractivity contribution is 0.0934. The van der Waals surface area contributed by atoms with Crippen molar-refractivity contribution in [2.75, 3.05) is 6.61 Å². The number of rotatable bonds is 8. The molecule has 0 aliphatic rings. The third-order valence-corrected chi connectivity index (χ3v) is 4.42. The van der Waals surface area contributed by atoms with Crippen molar-refractivity contribution < 1.29 is 14.3 Å². The molecular weight excluding hydrogens is 386 g/mol. The van der Waals surface area contributed by atoms with E-state index in [4.69, 9.17) is 17.0 Å². The number of carbonyl (C=O) groups is 2. The number of unbranched alkanes of at least 4 members (excludes halogenated alkanes) is 3. The number of amides is 2. The maximum absolute atomic E-state index is 12.3. The molecule has 2 aromatic rings. The molecule has 6 nitrogen and oxygen atoms in total. The fourth-order valence-corrected chi connectivity index (χ4v) is 2.66. The van der Waals surface area contributed by atoms with Crippen LogP contribution in [0.2, 0.25) is 0 Å². The third kappa shape index (κ3) is 7.91. The Morgan fingerprint density at radius 3 is 2.14 bits per heavy atom. The SMILES string of the molecule is CCCCCCOc1ccc(C(=O)NC(=S)NNC(=O)c2ccc(C)cc2)cc1. The smallest absolute Gasteiger partial charge is 0.269 e. The van der Waals surface area contributed by atoms with Gasteiger partial charge in [0.05, 0.1) is 6.61 Å². The number of ether oxygens (including phenoxy) is 1. The molecule has 154 valence electrons. The van der Waals surface area contributed by atoms with Crippen molar-refractivity contribution in [2.24, 2.45) is 0 Å². The van der Waals surface area contributed by atoms with E-state index >= 15 is 0 Å². The molecule has 2 aromatic carbocycles. The van der Waals surface area contributed by atoms with Crippen molar-refractivity contribution >= 4 is 29.1 Å². The largest absolute Gasteiger partial charge is 0.494 e. The van der Waals surface area contributed by atoms with Crippen LogP contribution in [0.5, 0.6) is 5.75 Å². The molecule has 0 heterocycles. The minimum Gasteiger partial charge on any atom is -0.494 e. The zero-order valence-corrected chi connectivity index (χ0v) is 17.6. The van der Waals surface area contributed by atoms with Gasteiger partial charge in [0, 0.05) is 11.1 Å². The van der Waals surface area contributed by atoms with Gasteiger partial charge in [-0.3, -0.25) is 25.8 Å². The number of hydrogen-bond donors (Lipinski definition) is 3. The average Bonchev–Trinajstić information content (AvgIpc) is 2.73. The van der Waals surface area contributed by atoms with Gasteiger partial charge >= 0.3 is 0 Å². The van der Waals surface area contributed by atoms with Crippen LogP contribution < -0.4 is 20.9 Å². The van der Waals surface area contributed by atoms with Crippen LogP contribution in [-0.2, 0) is 0 Å². The maximum Gasteiger partial charge on any atom is 0.269 e. The Morgan fingerprint density at radius 2 is 1.48 bits per heavy atom. The van der Waals surface area contributed by atoms with Gasteiger partial charge in [-0.1, -0.05) is 43.9 Å². The number of hydrogen-bond acceptors (Lipinski definition) is 4. The molecule has 0 aliphatic carbocycles. The molecule has 0 atom stereocenters. The molecule has 2 rings (SSSR count). The molecule has 0 aromatic heterocycles. The molecule has 0 spiro atoms. The molecule has 0 bridgehead atoms. The minimum atomic E-state index is -0.374. The molecule has 0 saturated heterocycles. The quantitative estimate of drug-likeness (QED) is 0.347. The normalized spacial score (nSPS) is 10.1. The van der Waals surface area contributed by atoms with E-state index in [-0.39, 0.29) is 16.9 Å². The highest BCUT2D eigenvalue weighted by Crippen LogP contribution is 2.13. The number of aryl methyl sites for hydroxylation is 1. The van der Waals surface area contributed by atoms with E-state index in [0.29, 0.717) is 17.7 Å². The number of benzene rings is 2. The van der Waals surface area contributed by atoms with Crippen LogP contribution in [0.25, 0.3) is 0 Å². The van der Waals surface area contributed by atoms with Crippen LogP contribution in [0.1, 0.15) is 58.9 Å². The second-order valence-electron chi connectivity index (χ2n) is 6.66. The predicted molar refractivity (Wildman–Crippen MR) is 118 cm³/mol. The summed E-state index contributed by atoms with van der Waals surface area (Å²) in [5, 5.41) is 2.53. The second-order valence-corrected chi connectivity index (χ2v) is 7.07. The number of nitrogens with one attached hydrogen (secondary N) is 3. The summed E-state index contributed by atoms with van der Waals surface area (Å²) in [6, 6.07) is 14.0. The first-order chi connectivity index (χ1) is 14.0. The van der Waals surface area contributed by atoms with Gasteiger partial charge in [0.2, 0.25) is 0 Å². The highest BCUT2D eigenvalue weighted by atomic mass is 32.1. The van der Waals surface area contributed by atoms with Crippen molar-refractivity contribution in [1.82, 2.24) is 16.2 Å². The van der Waals surface area contributed by atoms with Crippen molar-refractivity contribution in [3.8, 4) is 5.75 Å². The maximum atomic E-state index is 12.3. The van der Waals surface area contributed by atoms with E-state index in [1.165, 1.54) is 12.8 Å². The summed E-state index contributed by atoms with van der Waals surface area (Å²) >= 11 is 5.05. The van der Waals surface area contributed by atoms with Crippen LogP contribution >= 0.6 is 12.2 Å². The minimum absolute atomic E-state index is 0.00622. The first-order valence-electron chi connectivity index (χ1n) is 9.71. The molecule has 0 unspecified atom stereocenters. The van der Waals surface area contributed by atoms with Crippen molar-refractivity contribution in [1.29, 1.82) is 0 Å². The molecule has 0 radical (unpaired) electrons. The number of hydrazine groups is 1. The van der Waals surface area contributed by atoms with Crippen molar-refractivity contribution in [2.45, 2.75) is 39.5 Å². The molecule has 7 heteroatoms. The van der Waals surface area contributed by atoms with E-state index in [1.54, 1.807) is 36.4 Å².